The number of hydrogen-bond donors (Lipinski definition) is 3. The molecule has 2 aromatic rings. The minimum absolute atomic E-state index is 0.122. The lowest BCUT2D eigenvalue weighted by molar-refractivity contribution is 0.0566. The van der Waals surface area contributed by atoms with Crippen LogP contribution in [0.5, 0.6) is 0 Å². The summed E-state index contributed by atoms with van der Waals surface area (Å²) >= 11 is 0. The topological polar surface area (TPSA) is 61.4 Å². The Morgan fingerprint density at radius 3 is 2.30 bits per heavy atom. The number of carbonyl (C=O) groups is 1. The summed E-state index contributed by atoms with van der Waals surface area (Å²) in [6.07, 6.45) is 0. The number of rotatable bonds is 6. The van der Waals surface area contributed by atoms with Gasteiger partial charge in [0.05, 0.1) is 5.60 Å². The molecule has 1 unspecified atom stereocenters. The van der Waals surface area contributed by atoms with Crippen LogP contribution in [0, 0.1) is 5.82 Å². The monoisotopic (exact) mass is 316 g/mol. The lowest BCUT2D eigenvalue weighted by Crippen LogP contribution is -2.35. The molecule has 23 heavy (non-hydrogen) atoms. The molecule has 2 aromatic carbocycles. The summed E-state index contributed by atoms with van der Waals surface area (Å²) in [6.45, 7) is 2.57. The fourth-order valence-electron chi connectivity index (χ4n) is 2.28. The van der Waals surface area contributed by atoms with Crippen molar-refractivity contribution in [2.45, 2.75) is 19.1 Å². The number of carbonyl (C=O) groups excluding carboxylic acids is 1. The van der Waals surface area contributed by atoms with E-state index < -0.39 is 5.60 Å². The van der Waals surface area contributed by atoms with Gasteiger partial charge in [0.1, 0.15) is 5.82 Å². The number of hydrogen-bond acceptors (Lipinski definition) is 3. The van der Waals surface area contributed by atoms with E-state index in [1.807, 2.05) is 12.1 Å². The predicted molar refractivity (Wildman–Crippen MR) is 87.5 cm³/mol. The number of aliphatic hydroxyl groups is 1. The maximum absolute atomic E-state index is 12.9. The summed E-state index contributed by atoms with van der Waals surface area (Å²) in [6, 6.07) is 13.1. The molecule has 1 atom stereocenters. The molecule has 0 aliphatic carbocycles. The molecule has 0 heterocycles. The molecule has 0 aromatic heterocycles. The molecule has 4 nitrogen and oxygen atoms in total. The van der Waals surface area contributed by atoms with Crippen molar-refractivity contribution in [1.82, 2.24) is 10.6 Å². The molecule has 0 saturated heterocycles. The van der Waals surface area contributed by atoms with Gasteiger partial charge in [0, 0.05) is 25.7 Å². The van der Waals surface area contributed by atoms with E-state index in [9.17, 15) is 14.3 Å². The molecule has 0 fully saturated rings. The van der Waals surface area contributed by atoms with Gasteiger partial charge in [0.15, 0.2) is 0 Å². The first-order valence-corrected chi connectivity index (χ1v) is 7.42. The highest BCUT2D eigenvalue weighted by Gasteiger charge is 2.22. The lowest BCUT2D eigenvalue weighted by Gasteiger charge is -2.24. The Bertz CT molecular complexity index is 652. The van der Waals surface area contributed by atoms with Crippen LogP contribution in [-0.2, 0) is 12.1 Å². The van der Waals surface area contributed by atoms with Gasteiger partial charge in [-0.25, -0.2) is 4.39 Å². The number of benzene rings is 2. The van der Waals surface area contributed by atoms with Gasteiger partial charge >= 0.3 is 0 Å². The highest BCUT2D eigenvalue weighted by Crippen LogP contribution is 2.20. The molecular formula is C18H21FN2O2. The van der Waals surface area contributed by atoms with Gasteiger partial charge in [-0.1, -0.05) is 24.3 Å². The van der Waals surface area contributed by atoms with E-state index in [0.717, 1.165) is 5.56 Å². The Morgan fingerprint density at radius 2 is 1.74 bits per heavy atom. The van der Waals surface area contributed by atoms with Crippen molar-refractivity contribution in [3.8, 4) is 0 Å². The molecule has 2 rings (SSSR count). The largest absolute Gasteiger partial charge is 0.384 e. The summed E-state index contributed by atoms with van der Waals surface area (Å²) in [4.78, 5) is 11.5. The van der Waals surface area contributed by atoms with Gasteiger partial charge in [-0.3, -0.25) is 4.79 Å². The van der Waals surface area contributed by atoms with E-state index in [4.69, 9.17) is 0 Å². The summed E-state index contributed by atoms with van der Waals surface area (Å²) in [5.74, 6) is -0.447. The molecule has 0 aliphatic rings. The summed E-state index contributed by atoms with van der Waals surface area (Å²) in [5, 5.41) is 16.2. The molecule has 3 N–H and O–H groups in total. The van der Waals surface area contributed by atoms with Gasteiger partial charge in [0.2, 0.25) is 0 Å². The summed E-state index contributed by atoms with van der Waals surface area (Å²) in [5.41, 5.74) is 1.18. The maximum atomic E-state index is 12.9. The first-order chi connectivity index (χ1) is 10.9. The second kappa shape index (κ2) is 7.35. The quantitative estimate of drug-likeness (QED) is 0.765. The van der Waals surface area contributed by atoms with Crippen molar-refractivity contribution in [3.63, 3.8) is 0 Å². The summed E-state index contributed by atoms with van der Waals surface area (Å²) < 4.78 is 12.9. The van der Waals surface area contributed by atoms with Gasteiger partial charge in [-0.05, 0) is 42.3 Å². The Morgan fingerprint density at radius 1 is 1.13 bits per heavy atom. The van der Waals surface area contributed by atoms with Gasteiger partial charge < -0.3 is 15.7 Å². The van der Waals surface area contributed by atoms with E-state index >= 15 is 0 Å². The van der Waals surface area contributed by atoms with E-state index in [2.05, 4.69) is 10.6 Å². The molecule has 1 amide bonds. The van der Waals surface area contributed by atoms with Crippen LogP contribution in [0.1, 0.15) is 28.4 Å². The van der Waals surface area contributed by atoms with Crippen LogP contribution in [0.4, 0.5) is 4.39 Å². The van der Waals surface area contributed by atoms with Crippen molar-refractivity contribution >= 4 is 5.91 Å². The van der Waals surface area contributed by atoms with Crippen LogP contribution in [0.25, 0.3) is 0 Å². The van der Waals surface area contributed by atoms with Gasteiger partial charge in [0.25, 0.3) is 5.91 Å². The second-order valence-corrected chi connectivity index (χ2v) is 5.66. The maximum Gasteiger partial charge on any atom is 0.251 e. The van der Waals surface area contributed by atoms with E-state index in [1.165, 1.54) is 12.1 Å². The van der Waals surface area contributed by atoms with Crippen LogP contribution in [0.2, 0.25) is 0 Å². The molecule has 0 radical (unpaired) electrons. The zero-order valence-corrected chi connectivity index (χ0v) is 13.3. The lowest BCUT2D eigenvalue weighted by atomic mass is 9.96. The average Bonchev–Trinajstić information content (AvgIpc) is 2.55. The fraction of sp³-hybridized carbons (Fsp3) is 0.278. The van der Waals surface area contributed by atoms with Crippen molar-refractivity contribution in [3.05, 3.63) is 71.0 Å². The SMILES string of the molecule is CNC(=O)c1ccc(CNCC(C)(O)c2ccc(F)cc2)cc1. The number of nitrogens with one attached hydrogen (secondary N) is 2. The number of halogens is 1. The van der Waals surface area contributed by atoms with Crippen LogP contribution >= 0.6 is 0 Å². The van der Waals surface area contributed by atoms with Crippen molar-refractivity contribution in [1.29, 1.82) is 0 Å². The van der Waals surface area contributed by atoms with Crippen LogP contribution in [0.15, 0.2) is 48.5 Å². The number of amides is 1. The Labute approximate surface area is 135 Å². The third kappa shape index (κ3) is 4.61. The second-order valence-electron chi connectivity index (χ2n) is 5.66. The van der Waals surface area contributed by atoms with Crippen LogP contribution in [-0.4, -0.2) is 24.6 Å². The first-order valence-electron chi connectivity index (χ1n) is 7.42. The smallest absolute Gasteiger partial charge is 0.251 e. The summed E-state index contributed by atoms with van der Waals surface area (Å²) in [7, 11) is 1.59. The molecular weight excluding hydrogens is 295 g/mol. The van der Waals surface area contributed by atoms with E-state index in [1.54, 1.807) is 38.2 Å². The predicted octanol–water partition coefficient (Wildman–Crippen LogP) is 2.18. The minimum atomic E-state index is -1.09. The zero-order chi connectivity index (χ0) is 16.9. The molecule has 0 bridgehead atoms. The third-order valence-electron chi connectivity index (χ3n) is 3.71. The average molecular weight is 316 g/mol. The highest BCUT2D eigenvalue weighted by atomic mass is 19.1. The fourth-order valence-corrected chi connectivity index (χ4v) is 2.28. The van der Waals surface area contributed by atoms with Crippen molar-refractivity contribution in [2.24, 2.45) is 0 Å². The minimum Gasteiger partial charge on any atom is -0.384 e. The van der Waals surface area contributed by atoms with Gasteiger partial charge in [-0.15, -0.1) is 0 Å². The Kier molecular flexibility index (Phi) is 5.47. The molecule has 5 heteroatoms. The molecule has 0 spiro atoms. The molecule has 0 aliphatic heterocycles. The normalized spacial score (nSPS) is 13.4. The highest BCUT2D eigenvalue weighted by molar-refractivity contribution is 5.93. The van der Waals surface area contributed by atoms with Gasteiger partial charge in [-0.2, -0.15) is 0 Å². The molecule has 122 valence electrons. The zero-order valence-electron chi connectivity index (χ0n) is 13.3. The van der Waals surface area contributed by atoms with Crippen LogP contribution in [0.3, 0.4) is 0 Å². The molecule has 0 saturated carbocycles. The van der Waals surface area contributed by atoms with Crippen LogP contribution < -0.4 is 10.6 Å². The van der Waals surface area contributed by atoms with Crippen molar-refractivity contribution < 1.29 is 14.3 Å². The van der Waals surface area contributed by atoms with Crippen molar-refractivity contribution in [2.75, 3.05) is 13.6 Å². The van der Waals surface area contributed by atoms with E-state index in [-0.39, 0.29) is 11.7 Å². The van der Waals surface area contributed by atoms with E-state index in [0.29, 0.717) is 24.2 Å². The Balaban J connectivity index is 1.91. The standard InChI is InChI=1S/C18H21FN2O2/c1-18(23,15-7-9-16(19)10-8-15)12-21-11-13-3-5-14(6-4-13)17(22)20-2/h3-10,21,23H,11-12H2,1-2H3,(H,20,22). The Hall–Kier alpha value is -2.24. The first kappa shape index (κ1) is 17.1. The third-order valence-corrected chi connectivity index (χ3v) is 3.71.